The summed E-state index contributed by atoms with van der Waals surface area (Å²) in [5, 5.41) is 0. The second-order valence-electron chi connectivity index (χ2n) is 4.09. The molecule has 1 heterocycles. The lowest BCUT2D eigenvalue weighted by atomic mass is 9.99. The summed E-state index contributed by atoms with van der Waals surface area (Å²) < 4.78 is 0. The van der Waals surface area contributed by atoms with Crippen LogP contribution in [0.1, 0.15) is 31.2 Å². The monoisotopic (exact) mass is 219 g/mol. The molecule has 80 valence electrons. The number of benzene rings is 1. The number of likely N-dealkylation sites (tertiary alicyclic amines) is 1. The van der Waals surface area contributed by atoms with Gasteiger partial charge in [0.25, 0.3) is 0 Å². The summed E-state index contributed by atoms with van der Waals surface area (Å²) in [6.45, 7) is 4.38. The van der Waals surface area contributed by atoms with E-state index >= 15 is 0 Å². The van der Waals surface area contributed by atoms with Gasteiger partial charge in [-0.2, -0.15) is 0 Å². The molecule has 0 amide bonds. The molecule has 0 aromatic heterocycles. The zero-order valence-electron chi connectivity index (χ0n) is 9.15. The molecule has 1 fully saturated rings. The second kappa shape index (κ2) is 4.75. The van der Waals surface area contributed by atoms with Crippen molar-refractivity contribution in [3.8, 4) is 0 Å². The Morgan fingerprint density at radius 3 is 2.80 bits per heavy atom. The van der Waals surface area contributed by atoms with E-state index in [9.17, 15) is 0 Å². The van der Waals surface area contributed by atoms with Crippen LogP contribution in [0.15, 0.2) is 30.3 Å². The Bertz CT molecular complexity index is 334. The van der Waals surface area contributed by atoms with E-state index < -0.39 is 0 Å². The molecule has 1 aliphatic heterocycles. The Labute approximate surface area is 97.1 Å². The summed E-state index contributed by atoms with van der Waals surface area (Å²) in [4.78, 5) is 3.47. The average molecular weight is 219 g/mol. The molecule has 0 radical (unpaired) electrons. The van der Waals surface area contributed by atoms with E-state index in [0.717, 1.165) is 24.5 Å². The van der Waals surface area contributed by atoms with Crippen LogP contribution in [0.5, 0.6) is 0 Å². The van der Waals surface area contributed by atoms with Crippen LogP contribution < -0.4 is 0 Å². The van der Waals surface area contributed by atoms with E-state index in [4.69, 9.17) is 12.2 Å². The number of nitrogens with zero attached hydrogens (tertiary/aromatic N) is 1. The van der Waals surface area contributed by atoms with Crippen LogP contribution in [0.25, 0.3) is 0 Å². The van der Waals surface area contributed by atoms with Crippen molar-refractivity contribution in [1.29, 1.82) is 0 Å². The normalized spacial score (nSPS) is 20.6. The molecule has 0 saturated carbocycles. The summed E-state index contributed by atoms with van der Waals surface area (Å²) in [6.07, 6.45) is 2.24. The minimum Gasteiger partial charge on any atom is -0.366 e. The lowest BCUT2D eigenvalue weighted by Gasteiger charge is -2.18. The van der Waals surface area contributed by atoms with Crippen molar-refractivity contribution in [3.63, 3.8) is 0 Å². The van der Waals surface area contributed by atoms with Crippen LogP contribution in [0.3, 0.4) is 0 Å². The first-order chi connectivity index (χ1) is 7.31. The Morgan fingerprint density at radius 2 is 2.13 bits per heavy atom. The quantitative estimate of drug-likeness (QED) is 0.703. The Morgan fingerprint density at radius 1 is 1.40 bits per heavy atom. The lowest BCUT2D eigenvalue weighted by Crippen LogP contribution is -2.25. The van der Waals surface area contributed by atoms with Gasteiger partial charge in [-0.15, -0.1) is 0 Å². The van der Waals surface area contributed by atoms with Crippen LogP contribution >= 0.6 is 12.2 Å². The maximum atomic E-state index is 5.34. The first kappa shape index (κ1) is 10.6. The SMILES string of the molecule is CCC(=S)N1CCC(c2ccccc2)C1. The van der Waals surface area contributed by atoms with Crippen molar-refractivity contribution >= 4 is 17.2 Å². The van der Waals surface area contributed by atoms with Crippen molar-refractivity contribution < 1.29 is 0 Å². The van der Waals surface area contributed by atoms with Gasteiger partial charge in [-0.05, 0) is 18.4 Å². The third kappa shape index (κ3) is 2.37. The van der Waals surface area contributed by atoms with Crippen LogP contribution in [0, 0.1) is 0 Å². The molecule has 0 N–H and O–H groups in total. The first-order valence-corrected chi connectivity index (χ1v) is 6.04. The van der Waals surface area contributed by atoms with Gasteiger partial charge in [0.05, 0.1) is 4.99 Å². The van der Waals surface area contributed by atoms with Crippen molar-refractivity contribution in [1.82, 2.24) is 4.90 Å². The van der Waals surface area contributed by atoms with Crippen LogP contribution in [-0.2, 0) is 0 Å². The number of thiocarbonyl (C=S) groups is 1. The molecule has 15 heavy (non-hydrogen) atoms. The minimum atomic E-state index is 0.677. The van der Waals surface area contributed by atoms with E-state index in [-0.39, 0.29) is 0 Å². The molecule has 1 aromatic carbocycles. The molecular formula is C13H17NS. The van der Waals surface area contributed by atoms with Gasteiger partial charge in [-0.3, -0.25) is 0 Å². The maximum absolute atomic E-state index is 5.34. The fraction of sp³-hybridized carbons (Fsp3) is 0.462. The zero-order chi connectivity index (χ0) is 10.7. The highest BCUT2D eigenvalue weighted by atomic mass is 32.1. The topological polar surface area (TPSA) is 3.24 Å². The summed E-state index contributed by atoms with van der Waals surface area (Å²) >= 11 is 5.34. The highest BCUT2D eigenvalue weighted by Gasteiger charge is 2.24. The van der Waals surface area contributed by atoms with Crippen molar-refractivity contribution in [3.05, 3.63) is 35.9 Å². The molecule has 0 aliphatic carbocycles. The van der Waals surface area contributed by atoms with Gasteiger partial charge < -0.3 is 4.90 Å². The summed E-state index contributed by atoms with van der Waals surface area (Å²) in [6, 6.07) is 10.8. The van der Waals surface area contributed by atoms with Crippen LogP contribution in [-0.4, -0.2) is 23.0 Å². The van der Waals surface area contributed by atoms with Gasteiger partial charge in [-0.25, -0.2) is 0 Å². The van der Waals surface area contributed by atoms with E-state index in [1.165, 1.54) is 12.0 Å². The maximum Gasteiger partial charge on any atom is 0.0776 e. The highest BCUT2D eigenvalue weighted by Crippen LogP contribution is 2.27. The highest BCUT2D eigenvalue weighted by molar-refractivity contribution is 7.80. The van der Waals surface area contributed by atoms with Gasteiger partial charge >= 0.3 is 0 Å². The predicted octanol–water partition coefficient (Wildman–Crippen LogP) is 3.21. The molecule has 1 unspecified atom stereocenters. The predicted molar refractivity (Wildman–Crippen MR) is 68.3 cm³/mol. The Kier molecular flexibility index (Phi) is 3.37. The molecule has 0 spiro atoms. The molecule has 1 nitrogen and oxygen atoms in total. The second-order valence-corrected chi connectivity index (χ2v) is 4.56. The third-order valence-electron chi connectivity index (χ3n) is 3.11. The third-order valence-corrected chi connectivity index (χ3v) is 3.66. The molecule has 2 rings (SSSR count). The fourth-order valence-corrected chi connectivity index (χ4v) is 2.37. The largest absolute Gasteiger partial charge is 0.366 e. The van der Waals surface area contributed by atoms with Gasteiger partial charge in [0, 0.05) is 19.0 Å². The molecule has 0 bridgehead atoms. The molecule has 1 saturated heterocycles. The molecule has 2 heteroatoms. The molecule has 1 atom stereocenters. The van der Waals surface area contributed by atoms with E-state index in [1.807, 2.05) is 0 Å². The van der Waals surface area contributed by atoms with Gasteiger partial charge in [0.15, 0.2) is 0 Å². The summed E-state index contributed by atoms with van der Waals surface area (Å²) in [7, 11) is 0. The van der Waals surface area contributed by atoms with Crippen molar-refractivity contribution in [2.24, 2.45) is 0 Å². The summed E-state index contributed by atoms with van der Waals surface area (Å²) in [5.74, 6) is 0.677. The lowest BCUT2D eigenvalue weighted by molar-refractivity contribution is 0.511. The minimum absolute atomic E-state index is 0.677. The van der Waals surface area contributed by atoms with Gasteiger partial charge in [-0.1, -0.05) is 49.5 Å². The first-order valence-electron chi connectivity index (χ1n) is 5.64. The number of hydrogen-bond acceptors (Lipinski definition) is 1. The molecule has 1 aromatic rings. The average Bonchev–Trinajstić information content (AvgIpc) is 2.78. The standard InChI is InChI=1S/C13H17NS/c1-2-13(15)14-9-8-12(10-14)11-6-4-3-5-7-11/h3-7,12H,2,8-10H2,1H3. The summed E-state index contributed by atoms with van der Waals surface area (Å²) in [5.41, 5.74) is 1.46. The van der Waals surface area contributed by atoms with Gasteiger partial charge in [0.2, 0.25) is 0 Å². The van der Waals surface area contributed by atoms with E-state index in [2.05, 4.69) is 42.2 Å². The Hall–Kier alpha value is -0.890. The fourth-order valence-electron chi connectivity index (χ4n) is 2.21. The molecular weight excluding hydrogens is 202 g/mol. The van der Waals surface area contributed by atoms with Gasteiger partial charge in [0.1, 0.15) is 0 Å². The van der Waals surface area contributed by atoms with Crippen molar-refractivity contribution in [2.75, 3.05) is 13.1 Å². The van der Waals surface area contributed by atoms with E-state index in [0.29, 0.717) is 5.92 Å². The number of hydrogen-bond donors (Lipinski definition) is 0. The zero-order valence-corrected chi connectivity index (χ0v) is 9.96. The Balaban J connectivity index is 2.02. The molecule has 1 aliphatic rings. The van der Waals surface area contributed by atoms with Crippen molar-refractivity contribution in [2.45, 2.75) is 25.7 Å². The number of rotatable bonds is 2. The smallest absolute Gasteiger partial charge is 0.0776 e. The van der Waals surface area contributed by atoms with E-state index in [1.54, 1.807) is 0 Å². The van der Waals surface area contributed by atoms with Crippen LogP contribution in [0.2, 0.25) is 0 Å². The van der Waals surface area contributed by atoms with Crippen LogP contribution in [0.4, 0.5) is 0 Å².